The van der Waals surface area contributed by atoms with E-state index in [2.05, 4.69) is 13.8 Å². The molecule has 0 radical (unpaired) electrons. The summed E-state index contributed by atoms with van der Waals surface area (Å²) in [4.78, 5) is 21.9. The molecule has 92 valence electrons. The molecule has 1 fully saturated rings. The monoisotopic (exact) mass is 228 g/mol. The number of carboxylic acid groups (broad SMARTS) is 1. The van der Waals surface area contributed by atoms with Gasteiger partial charge in [-0.2, -0.15) is 0 Å². The second-order valence-electron chi connectivity index (χ2n) is 4.63. The molecule has 0 spiro atoms. The molecule has 1 atom stereocenters. The third kappa shape index (κ3) is 2.97. The van der Waals surface area contributed by atoms with Crippen LogP contribution in [0.1, 0.15) is 52.4 Å². The highest BCUT2D eigenvalue weighted by Crippen LogP contribution is 2.40. The Hall–Kier alpha value is -1.06. The second-order valence-corrected chi connectivity index (χ2v) is 4.63. The number of carbonyl (C=O) groups excluding carboxylic acids is 1. The Morgan fingerprint density at radius 1 is 1.38 bits per heavy atom. The molecule has 1 unspecified atom stereocenters. The summed E-state index contributed by atoms with van der Waals surface area (Å²) in [7, 11) is 0. The average molecular weight is 228 g/mol. The predicted molar refractivity (Wildman–Crippen MR) is 59.0 cm³/mol. The van der Waals surface area contributed by atoms with Crippen molar-refractivity contribution in [3.05, 3.63) is 0 Å². The molecule has 1 rings (SSSR count). The van der Waals surface area contributed by atoms with Gasteiger partial charge in [-0.25, -0.2) is 0 Å². The number of hydrogen-bond acceptors (Lipinski definition) is 3. The SMILES string of the molecule is CCC(C)C1(OC(=O)CC(=O)O)CCCC1. The highest BCUT2D eigenvalue weighted by molar-refractivity contribution is 5.90. The summed E-state index contributed by atoms with van der Waals surface area (Å²) in [5.74, 6) is -1.43. The zero-order valence-electron chi connectivity index (χ0n) is 9.99. The lowest BCUT2D eigenvalue weighted by Crippen LogP contribution is -2.39. The highest BCUT2D eigenvalue weighted by Gasteiger charge is 2.41. The molecule has 0 heterocycles. The minimum atomic E-state index is -1.12. The van der Waals surface area contributed by atoms with E-state index in [-0.39, 0.29) is 0 Å². The average Bonchev–Trinajstić information content (AvgIpc) is 2.64. The summed E-state index contributed by atoms with van der Waals surface area (Å²) in [6.45, 7) is 4.13. The number of esters is 1. The molecular weight excluding hydrogens is 208 g/mol. The fourth-order valence-corrected chi connectivity index (χ4v) is 2.43. The molecule has 1 N–H and O–H groups in total. The van der Waals surface area contributed by atoms with Crippen molar-refractivity contribution in [1.82, 2.24) is 0 Å². The Morgan fingerprint density at radius 2 is 1.94 bits per heavy atom. The van der Waals surface area contributed by atoms with E-state index in [9.17, 15) is 9.59 Å². The normalized spacial score (nSPS) is 20.4. The molecular formula is C12H20O4. The zero-order valence-corrected chi connectivity index (χ0v) is 9.99. The van der Waals surface area contributed by atoms with E-state index in [1.807, 2.05) is 0 Å². The summed E-state index contributed by atoms with van der Waals surface area (Å²) in [6, 6.07) is 0. The van der Waals surface area contributed by atoms with E-state index in [1.165, 1.54) is 0 Å². The van der Waals surface area contributed by atoms with Crippen molar-refractivity contribution < 1.29 is 19.4 Å². The number of carbonyl (C=O) groups is 2. The van der Waals surface area contributed by atoms with Crippen LogP contribution in [0.15, 0.2) is 0 Å². The van der Waals surface area contributed by atoms with Gasteiger partial charge >= 0.3 is 11.9 Å². The van der Waals surface area contributed by atoms with Crippen molar-refractivity contribution in [2.45, 2.75) is 58.0 Å². The van der Waals surface area contributed by atoms with Crippen molar-refractivity contribution in [2.75, 3.05) is 0 Å². The molecule has 1 aliphatic carbocycles. The lowest BCUT2D eigenvalue weighted by molar-refractivity contribution is -0.168. The van der Waals surface area contributed by atoms with E-state index in [4.69, 9.17) is 9.84 Å². The summed E-state index contributed by atoms with van der Waals surface area (Å²) < 4.78 is 5.44. The lowest BCUT2D eigenvalue weighted by atomic mass is 9.85. The topological polar surface area (TPSA) is 63.6 Å². The third-order valence-electron chi connectivity index (χ3n) is 3.57. The van der Waals surface area contributed by atoms with Gasteiger partial charge in [0.15, 0.2) is 0 Å². The largest absolute Gasteiger partial charge is 0.481 e. The van der Waals surface area contributed by atoms with Crippen LogP contribution in [0, 0.1) is 5.92 Å². The fourth-order valence-electron chi connectivity index (χ4n) is 2.43. The molecule has 0 saturated heterocycles. The van der Waals surface area contributed by atoms with Crippen LogP contribution >= 0.6 is 0 Å². The molecule has 0 aliphatic heterocycles. The Labute approximate surface area is 96.0 Å². The van der Waals surface area contributed by atoms with Crippen LogP contribution in [-0.4, -0.2) is 22.6 Å². The van der Waals surface area contributed by atoms with Crippen LogP contribution in [0.4, 0.5) is 0 Å². The van der Waals surface area contributed by atoms with Crippen LogP contribution in [0.5, 0.6) is 0 Å². The first-order valence-electron chi connectivity index (χ1n) is 5.94. The van der Waals surface area contributed by atoms with Gasteiger partial charge in [-0.15, -0.1) is 0 Å². The number of rotatable bonds is 5. The number of ether oxygens (including phenoxy) is 1. The van der Waals surface area contributed by atoms with Crippen molar-refractivity contribution in [3.63, 3.8) is 0 Å². The smallest absolute Gasteiger partial charge is 0.317 e. The van der Waals surface area contributed by atoms with Gasteiger partial charge in [-0.1, -0.05) is 13.8 Å². The molecule has 4 nitrogen and oxygen atoms in total. The van der Waals surface area contributed by atoms with Gasteiger partial charge in [0.05, 0.1) is 0 Å². The summed E-state index contributed by atoms with van der Waals surface area (Å²) in [6.07, 6.45) is 4.27. The first-order valence-corrected chi connectivity index (χ1v) is 5.94. The van der Waals surface area contributed by atoms with Gasteiger partial charge in [0.2, 0.25) is 0 Å². The molecule has 4 heteroatoms. The standard InChI is InChI=1S/C12H20O4/c1-3-9(2)12(6-4-5-7-12)16-11(15)8-10(13)14/h9H,3-8H2,1-2H3,(H,13,14). The molecule has 0 bridgehead atoms. The molecule has 0 amide bonds. The summed E-state index contributed by atoms with van der Waals surface area (Å²) in [5.41, 5.74) is -0.402. The minimum Gasteiger partial charge on any atom is -0.481 e. The highest BCUT2D eigenvalue weighted by atomic mass is 16.6. The molecule has 16 heavy (non-hydrogen) atoms. The number of hydrogen-bond donors (Lipinski definition) is 1. The molecule has 1 aliphatic rings. The van der Waals surface area contributed by atoms with Crippen LogP contribution < -0.4 is 0 Å². The van der Waals surface area contributed by atoms with Gasteiger partial charge in [-0.3, -0.25) is 9.59 Å². The summed E-state index contributed by atoms with van der Waals surface area (Å²) >= 11 is 0. The van der Waals surface area contributed by atoms with E-state index in [1.54, 1.807) is 0 Å². The van der Waals surface area contributed by atoms with E-state index in [0.717, 1.165) is 32.1 Å². The van der Waals surface area contributed by atoms with Crippen molar-refractivity contribution in [2.24, 2.45) is 5.92 Å². The molecule has 0 aromatic carbocycles. The van der Waals surface area contributed by atoms with Gasteiger partial charge in [0, 0.05) is 0 Å². The Bertz CT molecular complexity index is 266. The quantitative estimate of drug-likeness (QED) is 0.579. The maximum Gasteiger partial charge on any atom is 0.317 e. The Morgan fingerprint density at radius 3 is 2.38 bits per heavy atom. The Kier molecular flexibility index (Phi) is 4.33. The molecule has 0 aromatic rings. The van der Waals surface area contributed by atoms with Gasteiger partial charge < -0.3 is 9.84 Å². The molecule has 1 saturated carbocycles. The van der Waals surface area contributed by atoms with Crippen molar-refractivity contribution in [3.8, 4) is 0 Å². The van der Waals surface area contributed by atoms with E-state index < -0.39 is 24.0 Å². The zero-order chi connectivity index (χ0) is 12.2. The third-order valence-corrected chi connectivity index (χ3v) is 3.57. The maximum atomic E-state index is 11.4. The van der Waals surface area contributed by atoms with Gasteiger partial charge in [-0.05, 0) is 38.0 Å². The predicted octanol–water partition coefficient (Wildman–Crippen LogP) is 2.36. The van der Waals surface area contributed by atoms with Crippen molar-refractivity contribution in [1.29, 1.82) is 0 Å². The first-order chi connectivity index (χ1) is 7.50. The van der Waals surface area contributed by atoms with Gasteiger partial charge in [0.1, 0.15) is 12.0 Å². The van der Waals surface area contributed by atoms with E-state index in [0.29, 0.717) is 5.92 Å². The fraction of sp³-hybridized carbons (Fsp3) is 0.833. The van der Waals surface area contributed by atoms with Crippen LogP contribution in [-0.2, 0) is 14.3 Å². The lowest BCUT2D eigenvalue weighted by Gasteiger charge is -2.34. The number of aliphatic carboxylic acids is 1. The Balaban J connectivity index is 2.64. The van der Waals surface area contributed by atoms with Crippen LogP contribution in [0.2, 0.25) is 0 Å². The van der Waals surface area contributed by atoms with Gasteiger partial charge in [0.25, 0.3) is 0 Å². The molecule has 0 aromatic heterocycles. The minimum absolute atomic E-state index is 0.299. The number of carboxylic acids is 1. The van der Waals surface area contributed by atoms with E-state index >= 15 is 0 Å². The van der Waals surface area contributed by atoms with Crippen LogP contribution in [0.3, 0.4) is 0 Å². The second kappa shape index (κ2) is 5.32. The van der Waals surface area contributed by atoms with Crippen LogP contribution in [0.25, 0.3) is 0 Å². The van der Waals surface area contributed by atoms with Crippen molar-refractivity contribution >= 4 is 11.9 Å². The first kappa shape index (κ1) is 13.0. The maximum absolute atomic E-state index is 11.4. The summed E-state index contributed by atoms with van der Waals surface area (Å²) in [5, 5.41) is 8.54.